The maximum absolute atomic E-state index is 15.9. The number of rotatable bonds is 7. The van der Waals surface area contributed by atoms with Gasteiger partial charge in [0.15, 0.2) is 0 Å². The standard InChI is InChI=1S/C28H32Cl3FN4O2/c1-26(2,3)23(36(25(37)38-28(29,30)31)19-27(32)14-15-33-18-27)24-34-22(21-12-8-5-9-13-21)17-35(24)16-20-10-6-4-7-11-20/h4-13,17,23,33H,14-16,18-19H2,1-3H3/t23-,27?/m0/s1. The highest BCUT2D eigenvalue weighted by Crippen LogP contribution is 2.42. The molecular weight excluding hydrogens is 550 g/mol. The topological polar surface area (TPSA) is 59.4 Å². The summed E-state index contributed by atoms with van der Waals surface area (Å²) >= 11 is 17.5. The Morgan fingerprint density at radius 2 is 1.76 bits per heavy atom. The summed E-state index contributed by atoms with van der Waals surface area (Å²) < 4.78 is 20.8. The number of carbonyl (C=O) groups is 1. The predicted molar refractivity (Wildman–Crippen MR) is 150 cm³/mol. The monoisotopic (exact) mass is 580 g/mol. The number of hydrogen-bond acceptors (Lipinski definition) is 4. The van der Waals surface area contributed by atoms with Crippen LogP contribution in [0, 0.1) is 5.41 Å². The zero-order valence-electron chi connectivity index (χ0n) is 21.6. The van der Waals surface area contributed by atoms with Gasteiger partial charge in [0.05, 0.1) is 18.3 Å². The third kappa shape index (κ3) is 7.20. The largest absolute Gasteiger partial charge is 0.414 e. The lowest BCUT2D eigenvalue weighted by Gasteiger charge is -2.41. The molecule has 1 amide bonds. The molecule has 1 aliphatic heterocycles. The summed E-state index contributed by atoms with van der Waals surface area (Å²) in [7, 11) is 0. The van der Waals surface area contributed by atoms with Crippen molar-refractivity contribution in [2.45, 2.75) is 49.4 Å². The van der Waals surface area contributed by atoms with Gasteiger partial charge in [0.25, 0.3) is 0 Å². The molecule has 0 radical (unpaired) electrons. The highest BCUT2D eigenvalue weighted by atomic mass is 35.6. The first-order chi connectivity index (χ1) is 17.8. The van der Waals surface area contributed by atoms with Crippen molar-refractivity contribution in [3.63, 3.8) is 0 Å². The number of nitrogens with zero attached hydrogens (tertiary/aromatic N) is 3. The van der Waals surface area contributed by atoms with E-state index in [1.807, 2.05) is 92.2 Å². The molecule has 1 aromatic heterocycles. The molecule has 0 saturated carbocycles. The third-order valence-electron chi connectivity index (χ3n) is 6.53. The highest BCUT2D eigenvalue weighted by Gasteiger charge is 2.46. The van der Waals surface area contributed by atoms with Crippen molar-refractivity contribution in [2.24, 2.45) is 5.41 Å². The van der Waals surface area contributed by atoms with E-state index in [1.165, 1.54) is 4.90 Å². The summed E-state index contributed by atoms with van der Waals surface area (Å²) in [6.45, 7) is 6.76. The Bertz CT molecular complexity index is 1220. The lowest BCUT2D eigenvalue weighted by Crippen LogP contribution is -2.50. The molecule has 4 rings (SSSR count). The van der Waals surface area contributed by atoms with Crippen LogP contribution in [0.5, 0.6) is 0 Å². The van der Waals surface area contributed by atoms with E-state index in [1.54, 1.807) is 0 Å². The minimum absolute atomic E-state index is 0.106. The van der Waals surface area contributed by atoms with Gasteiger partial charge in [-0.3, -0.25) is 4.90 Å². The molecule has 38 heavy (non-hydrogen) atoms. The summed E-state index contributed by atoms with van der Waals surface area (Å²) in [6.07, 6.45) is 1.27. The zero-order valence-corrected chi connectivity index (χ0v) is 23.9. The highest BCUT2D eigenvalue weighted by molar-refractivity contribution is 6.66. The quantitative estimate of drug-likeness (QED) is 0.301. The second-order valence-electron chi connectivity index (χ2n) is 10.8. The van der Waals surface area contributed by atoms with Crippen LogP contribution < -0.4 is 5.32 Å². The fraction of sp³-hybridized carbons (Fsp3) is 0.429. The molecule has 1 fully saturated rings. The van der Waals surface area contributed by atoms with E-state index in [0.29, 0.717) is 18.9 Å². The molecule has 0 bridgehead atoms. The Morgan fingerprint density at radius 1 is 1.13 bits per heavy atom. The number of amides is 1. The van der Waals surface area contributed by atoms with Gasteiger partial charge in [-0.25, -0.2) is 14.2 Å². The molecule has 1 unspecified atom stereocenters. The van der Waals surface area contributed by atoms with Crippen LogP contribution in [0.2, 0.25) is 0 Å². The number of hydrogen-bond donors (Lipinski definition) is 1. The van der Waals surface area contributed by atoms with Crippen LogP contribution in [0.25, 0.3) is 11.3 Å². The third-order valence-corrected chi connectivity index (χ3v) is 6.76. The summed E-state index contributed by atoms with van der Waals surface area (Å²) in [6, 6.07) is 19.0. The predicted octanol–water partition coefficient (Wildman–Crippen LogP) is 7.15. The summed E-state index contributed by atoms with van der Waals surface area (Å²) in [4.78, 5) is 19.9. The molecule has 2 aromatic carbocycles. The molecule has 0 spiro atoms. The Morgan fingerprint density at radius 3 is 2.32 bits per heavy atom. The molecule has 10 heteroatoms. The van der Waals surface area contributed by atoms with Crippen LogP contribution in [-0.2, 0) is 11.3 Å². The number of imidazole rings is 1. The van der Waals surface area contributed by atoms with Crippen molar-refractivity contribution in [3.8, 4) is 11.3 Å². The summed E-state index contributed by atoms with van der Waals surface area (Å²) in [5.74, 6) is 0.580. The Labute approximate surface area is 238 Å². The van der Waals surface area contributed by atoms with E-state index in [2.05, 4.69) is 5.32 Å². The molecule has 2 heterocycles. The van der Waals surface area contributed by atoms with Crippen LogP contribution in [0.15, 0.2) is 66.9 Å². The van der Waals surface area contributed by atoms with Crippen LogP contribution in [0.1, 0.15) is 44.6 Å². The van der Waals surface area contributed by atoms with Crippen molar-refractivity contribution < 1.29 is 13.9 Å². The van der Waals surface area contributed by atoms with Gasteiger partial charge in [0, 0.05) is 24.8 Å². The average Bonchev–Trinajstić information content (AvgIpc) is 3.45. The first kappa shape index (κ1) is 28.7. The Hall–Kier alpha value is -2.32. The number of benzene rings is 2. The van der Waals surface area contributed by atoms with Crippen molar-refractivity contribution in [1.29, 1.82) is 0 Å². The maximum Gasteiger partial charge on any atom is 0.414 e. The molecule has 1 aliphatic rings. The fourth-order valence-electron chi connectivity index (χ4n) is 4.87. The fourth-order valence-corrected chi connectivity index (χ4v) is 5.07. The van der Waals surface area contributed by atoms with Gasteiger partial charge >= 0.3 is 10.1 Å². The zero-order chi connectivity index (χ0) is 27.6. The molecule has 3 aromatic rings. The minimum Gasteiger partial charge on any atom is -0.398 e. The molecule has 6 nitrogen and oxygen atoms in total. The lowest BCUT2D eigenvalue weighted by atomic mass is 9.84. The normalized spacial score (nSPS) is 18.8. The van der Waals surface area contributed by atoms with E-state index < -0.39 is 27.2 Å². The number of alkyl halides is 4. The lowest BCUT2D eigenvalue weighted by molar-refractivity contribution is 0.0173. The van der Waals surface area contributed by atoms with E-state index in [-0.39, 0.29) is 19.5 Å². The second kappa shape index (κ2) is 11.4. The first-order valence-corrected chi connectivity index (χ1v) is 13.6. The van der Waals surface area contributed by atoms with Crippen molar-refractivity contribution >= 4 is 40.9 Å². The van der Waals surface area contributed by atoms with Gasteiger partial charge < -0.3 is 14.6 Å². The second-order valence-corrected chi connectivity index (χ2v) is 12.9. The van der Waals surface area contributed by atoms with Gasteiger partial charge in [-0.2, -0.15) is 0 Å². The number of ether oxygens (including phenoxy) is 1. The van der Waals surface area contributed by atoms with Gasteiger partial charge in [-0.1, -0.05) is 81.4 Å². The minimum atomic E-state index is -2.30. The number of nitrogens with one attached hydrogen (secondary N) is 1. The molecule has 1 N–H and O–H groups in total. The molecule has 0 aliphatic carbocycles. The van der Waals surface area contributed by atoms with Crippen LogP contribution >= 0.6 is 34.8 Å². The number of aromatic nitrogens is 2. The number of carbonyl (C=O) groups excluding carboxylic acids is 1. The SMILES string of the molecule is CC(C)(C)[C@H](c1nc(-c2ccccc2)cn1Cc1ccccc1)N(CC1(F)CCNC1)C(=O)OC(Cl)(Cl)Cl. The van der Waals surface area contributed by atoms with E-state index in [0.717, 1.165) is 16.8 Å². The number of halogens is 4. The molecule has 1 saturated heterocycles. The molecular formula is C28H32Cl3FN4O2. The van der Waals surface area contributed by atoms with E-state index in [4.69, 9.17) is 44.5 Å². The van der Waals surface area contributed by atoms with Gasteiger partial charge in [-0.15, -0.1) is 0 Å². The Balaban J connectivity index is 1.85. The van der Waals surface area contributed by atoms with E-state index >= 15 is 4.39 Å². The van der Waals surface area contributed by atoms with Crippen LogP contribution in [0.4, 0.5) is 9.18 Å². The summed E-state index contributed by atoms with van der Waals surface area (Å²) in [5, 5.41) is 3.04. The first-order valence-electron chi connectivity index (χ1n) is 12.5. The molecule has 204 valence electrons. The summed E-state index contributed by atoms with van der Waals surface area (Å²) in [5.41, 5.74) is 0.442. The van der Waals surface area contributed by atoms with Crippen molar-refractivity contribution in [1.82, 2.24) is 19.8 Å². The van der Waals surface area contributed by atoms with Crippen LogP contribution in [0.3, 0.4) is 0 Å². The van der Waals surface area contributed by atoms with E-state index in [9.17, 15) is 4.79 Å². The van der Waals surface area contributed by atoms with Crippen molar-refractivity contribution in [3.05, 3.63) is 78.2 Å². The Kier molecular flexibility index (Phi) is 8.62. The van der Waals surface area contributed by atoms with Gasteiger partial charge in [0.1, 0.15) is 11.5 Å². The average molecular weight is 582 g/mol. The van der Waals surface area contributed by atoms with Crippen molar-refractivity contribution in [2.75, 3.05) is 19.6 Å². The molecule has 2 atom stereocenters. The van der Waals surface area contributed by atoms with Gasteiger partial charge in [0.2, 0.25) is 0 Å². The van der Waals surface area contributed by atoms with Crippen LogP contribution in [-0.4, -0.2) is 49.8 Å². The van der Waals surface area contributed by atoms with Gasteiger partial charge in [-0.05, 0) is 58.7 Å². The smallest absolute Gasteiger partial charge is 0.398 e. The maximum atomic E-state index is 15.9.